The molecule has 0 aromatic rings. The van der Waals surface area contributed by atoms with Gasteiger partial charge in [0.05, 0.1) is 19.8 Å². The third kappa shape index (κ3) is 4.07. The molecule has 0 aliphatic heterocycles. The van der Waals surface area contributed by atoms with Crippen LogP contribution in [0.4, 0.5) is 0 Å². The zero-order chi connectivity index (χ0) is 9.52. The van der Waals surface area contributed by atoms with Gasteiger partial charge in [-0.3, -0.25) is 0 Å². The van der Waals surface area contributed by atoms with Crippen LogP contribution in [0.5, 0.6) is 0 Å². The van der Waals surface area contributed by atoms with Gasteiger partial charge in [0.15, 0.2) is 0 Å². The highest BCUT2D eigenvalue weighted by molar-refractivity contribution is 4.79. The van der Waals surface area contributed by atoms with Crippen LogP contribution in [-0.4, -0.2) is 37.5 Å². The number of hydrogen-bond acceptors (Lipinski definition) is 3. The Labute approximate surface area is 80.5 Å². The minimum Gasteiger partial charge on any atom is -0.394 e. The molecular weight excluding hydrogens is 166 g/mol. The van der Waals surface area contributed by atoms with Crippen LogP contribution in [0.25, 0.3) is 0 Å². The standard InChI is InChI=1S/C10H21NO2/c1-9-3-2-4-10(9)11-5-7-13-8-6-12/h9-12H,2-8H2,1H3/t9-,10-/m1/s1. The summed E-state index contributed by atoms with van der Waals surface area (Å²) in [5.41, 5.74) is 0. The summed E-state index contributed by atoms with van der Waals surface area (Å²) in [5.74, 6) is 0.817. The molecule has 0 bridgehead atoms. The largest absolute Gasteiger partial charge is 0.394 e. The van der Waals surface area contributed by atoms with E-state index in [1.807, 2.05) is 0 Å². The van der Waals surface area contributed by atoms with E-state index in [9.17, 15) is 0 Å². The molecule has 0 radical (unpaired) electrons. The minimum atomic E-state index is 0.125. The van der Waals surface area contributed by atoms with E-state index in [0.717, 1.165) is 12.5 Å². The number of aliphatic hydroxyl groups is 1. The van der Waals surface area contributed by atoms with Gasteiger partial charge in [-0.2, -0.15) is 0 Å². The van der Waals surface area contributed by atoms with Crippen molar-refractivity contribution in [3.05, 3.63) is 0 Å². The first kappa shape index (κ1) is 11.0. The fourth-order valence-electron chi connectivity index (χ4n) is 1.93. The molecule has 1 rings (SSSR count). The molecular formula is C10H21NO2. The van der Waals surface area contributed by atoms with Crippen LogP contribution in [0.2, 0.25) is 0 Å². The molecule has 3 nitrogen and oxygen atoms in total. The van der Waals surface area contributed by atoms with Gasteiger partial charge in [0, 0.05) is 12.6 Å². The Morgan fingerprint density at radius 1 is 1.38 bits per heavy atom. The van der Waals surface area contributed by atoms with Crippen LogP contribution < -0.4 is 5.32 Å². The van der Waals surface area contributed by atoms with Gasteiger partial charge in [0.25, 0.3) is 0 Å². The van der Waals surface area contributed by atoms with Gasteiger partial charge in [-0.15, -0.1) is 0 Å². The molecule has 2 atom stereocenters. The van der Waals surface area contributed by atoms with Gasteiger partial charge < -0.3 is 15.2 Å². The lowest BCUT2D eigenvalue weighted by Gasteiger charge is -2.16. The Morgan fingerprint density at radius 2 is 2.23 bits per heavy atom. The van der Waals surface area contributed by atoms with E-state index in [1.165, 1.54) is 19.3 Å². The second-order valence-electron chi connectivity index (χ2n) is 3.80. The van der Waals surface area contributed by atoms with Gasteiger partial charge in [0.2, 0.25) is 0 Å². The molecule has 1 aliphatic rings. The zero-order valence-electron chi connectivity index (χ0n) is 8.46. The Balaban J connectivity index is 1.93. The lowest BCUT2D eigenvalue weighted by atomic mass is 10.1. The number of rotatable bonds is 6. The van der Waals surface area contributed by atoms with Crippen molar-refractivity contribution in [2.45, 2.75) is 32.2 Å². The van der Waals surface area contributed by atoms with Gasteiger partial charge in [0.1, 0.15) is 0 Å². The predicted molar refractivity (Wildman–Crippen MR) is 52.7 cm³/mol. The van der Waals surface area contributed by atoms with Crippen molar-refractivity contribution in [1.82, 2.24) is 5.32 Å². The lowest BCUT2D eigenvalue weighted by Crippen LogP contribution is -2.33. The van der Waals surface area contributed by atoms with E-state index >= 15 is 0 Å². The summed E-state index contributed by atoms with van der Waals surface area (Å²) in [6.45, 7) is 4.51. The van der Waals surface area contributed by atoms with Gasteiger partial charge in [-0.1, -0.05) is 13.3 Å². The normalized spacial score (nSPS) is 28.2. The molecule has 0 spiro atoms. The summed E-state index contributed by atoms with van der Waals surface area (Å²) in [4.78, 5) is 0. The van der Waals surface area contributed by atoms with E-state index in [4.69, 9.17) is 9.84 Å². The van der Waals surface area contributed by atoms with Crippen molar-refractivity contribution in [2.24, 2.45) is 5.92 Å². The molecule has 0 aromatic heterocycles. The smallest absolute Gasteiger partial charge is 0.0698 e. The second-order valence-corrected chi connectivity index (χ2v) is 3.80. The molecule has 0 unspecified atom stereocenters. The summed E-state index contributed by atoms with van der Waals surface area (Å²) in [7, 11) is 0. The topological polar surface area (TPSA) is 41.5 Å². The first-order chi connectivity index (χ1) is 6.34. The molecule has 3 heteroatoms. The summed E-state index contributed by atoms with van der Waals surface area (Å²) in [5, 5.41) is 12.0. The molecule has 78 valence electrons. The van der Waals surface area contributed by atoms with Crippen molar-refractivity contribution in [2.75, 3.05) is 26.4 Å². The first-order valence-electron chi connectivity index (χ1n) is 5.26. The Bertz CT molecular complexity index is 130. The Morgan fingerprint density at radius 3 is 2.85 bits per heavy atom. The van der Waals surface area contributed by atoms with Crippen LogP contribution in [0, 0.1) is 5.92 Å². The number of ether oxygens (including phenoxy) is 1. The van der Waals surface area contributed by atoms with Crippen LogP contribution in [0.15, 0.2) is 0 Å². The molecule has 1 fully saturated rings. The maximum atomic E-state index is 8.47. The summed E-state index contributed by atoms with van der Waals surface area (Å²) < 4.78 is 5.17. The van der Waals surface area contributed by atoms with Gasteiger partial charge >= 0.3 is 0 Å². The zero-order valence-corrected chi connectivity index (χ0v) is 8.46. The molecule has 13 heavy (non-hydrogen) atoms. The van der Waals surface area contributed by atoms with E-state index in [-0.39, 0.29) is 6.61 Å². The van der Waals surface area contributed by atoms with E-state index < -0.39 is 0 Å². The van der Waals surface area contributed by atoms with Crippen molar-refractivity contribution >= 4 is 0 Å². The fraction of sp³-hybridized carbons (Fsp3) is 1.00. The third-order valence-electron chi connectivity index (χ3n) is 2.75. The first-order valence-corrected chi connectivity index (χ1v) is 5.26. The fourth-order valence-corrected chi connectivity index (χ4v) is 1.93. The SMILES string of the molecule is C[C@@H]1CCC[C@H]1NCCOCCO. The summed E-state index contributed by atoms with van der Waals surface area (Å²) in [6.07, 6.45) is 4.02. The monoisotopic (exact) mass is 187 g/mol. The quantitative estimate of drug-likeness (QED) is 0.604. The van der Waals surface area contributed by atoms with Crippen LogP contribution in [-0.2, 0) is 4.74 Å². The van der Waals surface area contributed by atoms with Crippen LogP contribution in [0.1, 0.15) is 26.2 Å². The van der Waals surface area contributed by atoms with E-state index in [1.54, 1.807) is 0 Å². The lowest BCUT2D eigenvalue weighted by molar-refractivity contribution is 0.0920. The average molecular weight is 187 g/mol. The van der Waals surface area contributed by atoms with Crippen molar-refractivity contribution in [3.63, 3.8) is 0 Å². The minimum absolute atomic E-state index is 0.125. The maximum Gasteiger partial charge on any atom is 0.0698 e. The van der Waals surface area contributed by atoms with E-state index in [0.29, 0.717) is 19.3 Å². The molecule has 2 N–H and O–H groups in total. The molecule has 1 saturated carbocycles. The molecule has 0 amide bonds. The molecule has 0 aromatic carbocycles. The maximum absolute atomic E-state index is 8.47. The average Bonchev–Trinajstić information content (AvgIpc) is 2.52. The number of hydrogen-bond donors (Lipinski definition) is 2. The van der Waals surface area contributed by atoms with Crippen LogP contribution in [0.3, 0.4) is 0 Å². The number of aliphatic hydroxyl groups excluding tert-OH is 1. The van der Waals surface area contributed by atoms with Crippen LogP contribution >= 0.6 is 0 Å². The highest BCUT2D eigenvalue weighted by atomic mass is 16.5. The van der Waals surface area contributed by atoms with E-state index in [2.05, 4.69) is 12.2 Å². The molecule has 0 saturated heterocycles. The summed E-state index contributed by atoms with van der Waals surface area (Å²) in [6, 6.07) is 0.692. The Hall–Kier alpha value is -0.120. The Kier molecular flexibility index (Phi) is 5.35. The third-order valence-corrected chi connectivity index (χ3v) is 2.75. The number of nitrogens with one attached hydrogen (secondary N) is 1. The predicted octanol–water partition coefficient (Wildman–Crippen LogP) is 0.774. The van der Waals surface area contributed by atoms with Gasteiger partial charge in [-0.25, -0.2) is 0 Å². The second kappa shape index (κ2) is 6.35. The van der Waals surface area contributed by atoms with Crippen molar-refractivity contribution in [1.29, 1.82) is 0 Å². The molecule has 1 aliphatic carbocycles. The summed E-state index contributed by atoms with van der Waals surface area (Å²) >= 11 is 0. The van der Waals surface area contributed by atoms with Crippen molar-refractivity contribution < 1.29 is 9.84 Å². The highest BCUT2D eigenvalue weighted by Gasteiger charge is 2.21. The highest BCUT2D eigenvalue weighted by Crippen LogP contribution is 2.24. The van der Waals surface area contributed by atoms with Gasteiger partial charge in [-0.05, 0) is 18.8 Å². The van der Waals surface area contributed by atoms with Crippen molar-refractivity contribution in [3.8, 4) is 0 Å². The molecule has 0 heterocycles.